The summed E-state index contributed by atoms with van der Waals surface area (Å²) in [6.07, 6.45) is 2.76. The van der Waals surface area contributed by atoms with Gasteiger partial charge in [0.15, 0.2) is 0 Å². The molecule has 0 aromatic rings. The Kier molecular flexibility index (Phi) is 3.84. The predicted molar refractivity (Wildman–Crippen MR) is 59.7 cm³/mol. The van der Waals surface area contributed by atoms with Gasteiger partial charge in [-0.2, -0.15) is 8.42 Å². The zero-order valence-corrected chi connectivity index (χ0v) is 10.4. The molecule has 0 amide bonds. The standard InChI is InChI=1S/C10H19NO4S/c1-16(12,13)15-10-6-9(7-10)8-11-2-4-14-5-3-11/h9-10H,2-8H2,1H3/t9-,10+. The molecule has 1 aliphatic carbocycles. The van der Waals surface area contributed by atoms with Gasteiger partial charge in [0.1, 0.15) is 0 Å². The Morgan fingerprint density at radius 2 is 1.94 bits per heavy atom. The highest BCUT2D eigenvalue weighted by molar-refractivity contribution is 7.86. The summed E-state index contributed by atoms with van der Waals surface area (Å²) in [7, 11) is -3.27. The van der Waals surface area contributed by atoms with Gasteiger partial charge < -0.3 is 4.74 Å². The van der Waals surface area contributed by atoms with Crippen LogP contribution >= 0.6 is 0 Å². The van der Waals surface area contributed by atoms with Crippen LogP contribution in [0.25, 0.3) is 0 Å². The monoisotopic (exact) mass is 249 g/mol. The Morgan fingerprint density at radius 3 is 2.50 bits per heavy atom. The van der Waals surface area contributed by atoms with Crippen molar-refractivity contribution in [2.75, 3.05) is 39.1 Å². The Hall–Kier alpha value is -0.170. The topological polar surface area (TPSA) is 55.8 Å². The van der Waals surface area contributed by atoms with Gasteiger partial charge in [-0.3, -0.25) is 9.08 Å². The van der Waals surface area contributed by atoms with Crippen LogP contribution in [0.1, 0.15) is 12.8 Å². The lowest BCUT2D eigenvalue weighted by atomic mass is 9.82. The first kappa shape index (κ1) is 12.3. The molecule has 0 aromatic carbocycles. The number of morpholine rings is 1. The summed E-state index contributed by atoms with van der Waals surface area (Å²) < 4.78 is 32.0. The number of nitrogens with zero attached hydrogens (tertiary/aromatic N) is 1. The van der Waals surface area contributed by atoms with Crippen molar-refractivity contribution in [3.05, 3.63) is 0 Å². The van der Waals surface area contributed by atoms with E-state index >= 15 is 0 Å². The van der Waals surface area contributed by atoms with Crippen molar-refractivity contribution in [3.63, 3.8) is 0 Å². The number of hydrogen-bond acceptors (Lipinski definition) is 5. The van der Waals surface area contributed by atoms with Crippen LogP contribution in [0, 0.1) is 5.92 Å². The first-order chi connectivity index (χ1) is 7.53. The second-order valence-corrected chi connectivity index (χ2v) is 6.27. The van der Waals surface area contributed by atoms with Crippen molar-refractivity contribution in [1.29, 1.82) is 0 Å². The second kappa shape index (κ2) is 5.00. The third-order valence-corrected chi connectivity index (χ3v) is 3.75. The van der Waals surface area contributed by atoms with E-state index in [1.54, 1.807) is 0 Å². The summed E-state index contributed by atoms with van der Waals surface area (Å²) in [4.78, 5) is 2.38. The van der Waals surface area contributed by atoms with Crippen molar-refractivity contribution >= 4 is 10.1 Å². The van der Waals surface area contributed by atoms with E-state index < -0.39 is 10.1 Å². The molecule has 0 radical (unpaired) electrons. The number of hydrogen-bond donors (Lipinski definition) is 0. The molecule has 16 heavy (non-hydrogen) atoms. The molecular formula is C10H19NO4S. The van der Waals surface area contributed by atoms with E-state index in [2.05, 4.69) is 4.90 Å². The fraction of sp³-hybridized carbons (Fsp3) is 1.00. The molecule has 0 spiro atoms. The molecule has 5 nitrogen and oxygen atoms in total. The average Bonchev–Trinajstić information content (AvgIpc) is 2.14. The maximum absolute atomic E-state index is 10.9. The zero-order chi connectivity index (χ0) is 11.6. The van der Waals surface area contributed by atoms with Gasteiger partial charge in [0.05, 0.1) is 25.6 Å². The second-order valence-electron chi connectivity index (χ2n) is 4.67. The van der Waals surface area contributed by atoms with Gasteiger partial charge in [-0.1, -0.05) is 0 Å². The molecule has 2 fully saturated rings. The maximum atomic E-state index is 10.9. The van der Waals surface area contributed by atoms with E-state index in [-0.39, 0.29) is 6.10 Å². The fourth-order valence-corrected chi connectivity index (χ4v) is 2.95. The highest BCUT2D eigenvalue weighted by Crippen LogP contribution is 2.31. The summed E-state index contributed by atoms with van der Waals surface area (Å²) in [5.41, 5.74) is 0. The van der Waals surface area contributed by atoms with Crippen molar-refractivity contribution in [1.82, 2.24) is 4.90 Å². The Balaban J connectivity index is 1.64. The van der Waals surface area contributed by atoms with Crippen LogP contribution in [0.3, 0.4) is 0 Å². The maximum Gasteiger partial charge on any atom is 0.264 e. The average molecular weight is 249 g/mol. The lowest BCUT2D eigenvalue weighted by molar-refractivity contribution is 0.00203. The molecule has 0 atom stereocenters. The van der Waals surface area contributed by atoms with Crippen LogP contribution in [0.5, 0.6) is 0 Å². The molecule has 94 valence electrons. The van der Waals surface area contributed by atoms with Gasteiger partial charge in [-0.15, -0.1) is 0 Å². The molecule has 0 N–H and O–H groups in total. The van der Waals surface area contributed by atoms with Gasteiger partial charge >= 0.3 is 0 Å². The summed E-state index contributed by atoms with van der Waals surface area (Å²) >= 11 is 0. The first-order valence-electron chi connectivity index (χ1n) is 5.71. The van der Waals surface area contributed by atoms with Crippen molar-refractivity contribution < 1.29 is 17.3 Å². The highest BCUT2D eigenvalue weighted by Gasteiger charge is 2.33. The number of rotatable bonds is 4. The first-order valence-corrected chi connectivity index (χ1v) is 7.53. The highest BCUT2D eigenvalue weighted by atomic mass is 32.2. The van der Waals surface area contributed by atoms with Crippen LogP contribution in [0.15, 0.2) is 0 Å². The van der Waals surface area contributed by atoms with E-state index in [0.717, 1.165) is 51.9 Å². The molecule has 1 saturated heterocycles. The van der Waals surface area contributed by atoms with E-state index in [1.165, 1.54) is 0 Å². The lowest BCUT2D eigenvalue weighted by Crippen LogP contribution is -2.44. The van der Waals surface area contributed by atoms with E-state index in [9.17, 15) is 8.42 Å². The van der Waals surface area contributed by atoms with E-state index in [1.807, 2.05) is 0 Å². The minimum atomic E-state index is -3.27. The Bertz CT molecular complexity index is 318. The summed E-state index contributed by atoms with van der Waals surface area (Å²) in [5, 5.41) is 0. The third kappa shape index (κ3) is 3.69. The molecule has 6 heteroatoms. The molecule has 0 aromatic heterocycles. The Labute approximate surface area is 96.8 Å². The molecule has 1 heterocycles. The molecule has 0 bridgehead atoms. The summed E-state index contributed by atoms with van der Waals surface area (Å²) in [6, 6.07) is 0. The molecule has 1 saturated carbocycles. The van der Waals surface area contributed by atoms with Crippen molar-refractivity contribution in [3.8, 4) is 0 Å². The predicted octanol–water partition coefficient (Wildman–Crippen LogP) is 0.0734. The van der Waals surface area contributed by atoms with Crippen LogP contribution in [0.2, 0.25) is 0 Å². The summed E-state index contributed by atoms with van der Waals surface area (Å²) in [5.74, 6) is 0.588. The summed E-state index contributed by atoms with van der Waals surface area (Å²) in [6.45, 7) is 4.67. The minimum absolute atomic E-state index is 0.0824. The molecule has 0 unspecified atom stereocenters. The third-order valence-electron chi connectivity index (χ3n) is 3.12. The molecule has 2 aliphatic rings. The SMILES string of the molecule is CS(=O)(=O)O[C@H]1C[C@@H](CN2CCOCC2)C1. The normalized spacial score (nSPS) is 32.3. The minimum Gasteiger partial charge on any atom is -0.379 e. The fourth-order valence-electron chi connectivity index (χ4n) is 2.30. The number of ether oxygens (including phenoxy) is 1. The van der Waals surface area contributed by atoms with Gasteiger partial charge in [0.25, 0.3) is 10.1 Å². The van der Waals surface area contributed by atoms with E-state index in [4.69, 9.17) is 8.92 Å². The van der Waals surface area contributed by atoms with Crippen LogP contribution in [0.4, 0.5) is 0 Å². The lowest BCUT2D eigenvalue weighted by Gasteiger charge is -2.38. The largest absolute Gasteiger partial charge is 0.379 e. The smallest absolute Gasteiger partial charge is 0.264 e. The van der Waals surface area contributed by atoms with Crippen molar-refractivity contribution in [2.45, 2.75) is 18.9 Å². The molecule has 1 aliphatic heterocycles. The quantitative estimate of drug-likeness (QED) is 0.660. The van der Waals surface area contributed by atoms with Gasteiger partial charge in [0, 0.05) is 19.6 Å². The van der Waals surface area contributed by atoms with Gasteiger partial charge in [0.2, 0.25) is 0 Å². The zero-order valence-electron chi connectivity index (χ0n) is 9.59. The Morgan fingerprint density at radius 1 is 1.31 bits per heavy atom. The van der Waals surface area contributed by atoms with Crippen LogP contribution < -0.4 is 0 Å². The molecule has 2 rings (SSSR count). The van der Waals surface area contributed by atoms with E-state index in [0.29, 0.717) is 5.92 Å². The molecular weight excluding hydrogens is 230 g/mol. The van der Waals surface area contributed by atoms with Crippen molar-refractivity contribution in [2.24, 2.45) is 5.92 Å². The van der Waals surface area contributed by atoms with Crippen LogP contribution in [-0.2, 0) is 19.0 Å². The van der Waals surface area contributed by atoms with Gasteiger partial charge in [-0.05, 0) is 18.8 Å². The van der Waals surface area contributed by atoms with Gasteiger partial charge in [-0.25, -0.2) is 0 Å². The van der Waals surface area contributed by atoms with Crippen LogP contribution in [-0.4, -0.2) is 58.5 Å².